The van der Waals surface area contributed by atoms with Gasteiger partial charge in [0.2, 0.25) is 5.91 Å². The van der Waals surface area contributed by atoms with E-state index < -0.39 is 5.97 Å². The quantitative estimate of drug-likeness (QED) is 0.903. The largest absolute Gasteiger partial charge is 0.481 e. The first-order valence-electron chi connectivity index (χ1n) is 7.80. The highest BCUT2D eigenvalue weighted by Gasteiger charge is 2.26. The second-order valence-electron chi connectivity index (χ2n) is 6.27. The normalized spacial score (nSPS) is 17.5. The van der Waals surface area contributed by atoms with Crippen LogP contribution >= 0.6 is 0 Å². The van der Waals surface area contributed by atoms with Gasteiger partial charge in [0.05, 0.1) is 5.69 Å². The van der Waals surface area contributed by atoms with Crippen molar-refractivity contribution in [1.29, 1.82) is 0 Å². The maximum atomic E-state index is 12.4. The molecule has 2 rings (SSSR count). The van der Waals surface area contributed by atoms with E-state index in [-0.39, 0.29) is 24.2 Å². The van der Waals surface area contributed by atoms with E-state index in [0.717, 1.165) is 29.9 Å². The Morgan fingerprint density at radius 1 is 1.36 bits per heavy atom. The van der Waals surface area contributed by atoms with Gasteiger partial charge in [0.25, 0.3) is 0 Å². The van der Waals surface area contributed by atoms with Gasteiger partial charge in [-0.3, -0.25) is 9.59 Å². The summed E-state index contributed by atoms with van der Waals surface area (Å²) in [5.41, 5.74) is 1.87. The molecule has 1 unspecified atom stereocenters. The fraction of sp³-hybridized carbons (Fsp3) is 0.688. The molecule has 1 aromatic heterocycles. The lowest BCUT2D eigenvalue weighted by Gasteiger charge is -2.32. The van der Waals surface area contributed by atoms with Crippen molar-refractivity contribution in [2.45, 2.75) is 52.4 Å². The molecule has 0 aliphatic carbocycles. The Labute approximate surface area is 130 Å². The first-order valence-corrected chi connectivity index (χ1v) is 7.80. The van der Waals surface area contributed by atoms with Crippen LogP contribution in [0.25, 0.3) is 0 Å². The number of carboxylic acids is 1. The van der Waals surface area contributed by atoms with Crippen LogP contribution in [0.5, 0.6) is 0 Å². The van der Waals surface area contributed by atoms with Gasteiger partial charge < -0.3 is 14.5 Å². The van der Waals surface area contributed by atoms with Crippen molar-refractivity contribution in [3.63, 3.8) is 0 Å². The molecule has 0 aromatic carbocycles. The van der Waals surface area contributed by atoms with Crippen LogP contribution in [-0.4, -0.2) is 40.1 Å². The number of likely N-dealkylation sites (tertiary alicyclic amines) is 1. The topological polar surface area (TPSA) is 83.6 Å². The van der Waals surface area contributed by atoms with Gasteiger partial charge in [-0.25, -0.2) is 0 Å². The minimum Gasteiger partial charge on any atom is -0.481 e. The molecule has 2 heterocycles. The average Bonchev–Trinajstić information content (AvgIpc) is 2.78. The van der Waals surface area contributed by atoms with Crippen molar-refractivity contribution in [3.8, 4) is 0 Å². The zero-order valence-electron chi connectivity index (χ0n) is 13.5. The maximum absolute atomic E-state index is 12.4. The van der Waals surface area contributed by atoms with E-state index in [0.29, 0.717) is 19.5 Å². The van der Waals surface area contributed by atoms with E-state index in [2.05, 4.69) is 5.16 Å². The zero-order chi connectivity index (χ0) is 16.3. The number of hydrogen-bond acceptors (Lipinski definition) is 4. The molecular formula is C16H24N2O4. The van der Waals surface area contributed by atoms with Gasteiger partial charge in [-0.05, 0) is 38.5 Å². The fourth-order valence-electron chi connectivity index (χ4n) is 3.32. The maximum Gasteiger partial charge on any atom is 0.303 e. The molecule has 6 heteroatoms. The third-order valence-electron chi connectivity index (χ3n) is 4.49. The van der Waals surface area contributed by atoms with E-state index in [9.17, 15) is 9.59 Å². The first kappa shape index (κ1) is 16.5. The predicted octanol–water partition coefficient (Wildman–Crippen LogP) is 2.50. The standard InChI is InChI=1S/C16H24N2O4/c1-10(16-11(2)17-22-12(16)3)8-14(19)18-6-4-13(5-7-18)9-15(20)21/h10,13H,4-9H2,1-3H3,(H,20,21). The summed E-state index contributed by atoms with van der Waals surface area (Å²) >= 11 is 0. The van der Waals surface area contributed by atoms with Gasteiger partial charge in [-0.15, -0.1) is 0 Å². The molecular weight excluding hydrogens is 284 g/mol. The van der Waals surface area contributed by atoms with Crippen molar-refractivity contribution in [2.24, 2.45) is 5.92 Å². The summed E-state index contributed by atoms with van der Waals surface area (Å²) in [5, 5.41) is 12.8. The lowest BCUT2D eigenvalue weighted by Crippen LogP contribution is -2.39. The Kier molecular flexibility index (Phi) is 5.21. The Morgan fingerprint density at radius 2 is 2.00 bits per heavy atom. The number of aryl methyl sites for hydroxylation is 2. The third kappa shape index (κ3) is 3.87. The Balaban J connectivity index is 1.87. The van der Waals surface area contributed by atoms with Gasteiger partial charge in [-0.2, -0.15) is 0 Å². The van der Waals surface area contributed by atoms with E-state index in [1.807, 2.05) is 25.7 Å². The Hall–Kier alpha value is -1.85. The number of aliphatic carboxylic acids is 1. The highest BCUT2D eigenvalue weighted by molar-refractivity contribution is 5.77. The van der Waals surface area contributed by atoms with E-state index in [1.54, 1.807) is 0 Å². The smallest absolute Gasteiger partial charge is 0.303 e. The van der Waals surface area contributed by atoms with Crippen molar-refractivity contribution in [1.82, 2.24) is 10.1 Å². The number of aromatic nitrogens is 1. The molecule has 1 aliphatic rings. The molecule has 1 fully saturated rings. The number of carbonyl (C=O) groups is 2. The molecule has 0 saturated carbocycles. The molecule has 1 N–H and O–H groups in total. The minimum absolute atomic E-state index is 0.0792. The molecule has 0 spiro atoms. The van der Waals surface area contributed by atoms with Crippen molar-refractivity contribution >= 4 is 11.9 Å². The number of carbonyl (C=O) groups excluding carboxylic acids is 1. The van der Waals surface area contributed by atoms with E-state index >= 15 is 0 Å². The Morgan fingerprint density at radius 3 is 2.50 bits per heavy atom. The van der Waals surface area contributed by atoms with Crippen LogP contribution in [0.2, 0.25) is 0 Å². The second-order valence-corrected chi connectivity index (χ2v) is 6.27. The molecule has 1 aromatic rings. The van der Waals surface area contributed by atoms with Gasteiger partial charge >= 0.3 is 5.97 Å². The number of piperidine rings is 1. The monoisotopic (exact) mass is 308 g/mol. The predicted molar refractivity (Wildman–Crippen MR) is 80.6 cm³/mol. The van der Waals surface area contributed by atoms with Crippen molar-refractivity contribution in [3.05, 3.63) is 17.0 Å². The first-order chi connectivity index (χ1) is 10.4. The number of amides is 1. The molecule has 122 valence electrons. The minimum atomic E-state index is -0.753. The van der Waals surface area contributed by atoms with Crippen LogP contribution in [-0.2, 0) is 9.59 Å². The van der Waals surface area contributed by atoms with Crippen LogP contribution in [0.15, 0.2) is 4.52 Å². The molecule has 1 atom stereocenters. The molecule has 1 saturated heterocycles. The summed E-state index contributed by atoms with van der Waals surface area (Å²) in [6.45, 7) is 7.09. The summed E-state index contributed by atoms with van der Waals surface area (Å²) in [4.78, 5) is 25.0. The average molecular weight is 308 g/mol. The summed E-state index contributed by atoms with van der Waals surface area (Å²) in [6.07, 6.45) is 2.19. The van der Waals surface area contributed by atoms with Crippen LogP contribution in [0.4, 0.5) is 0 Å². The summed E-state index contributed by atoms with van der Waals surface area (Å²) in [5.74, 6) is 0.424. The fourth-order valence-corrected chi connectivity index (χ4v) is 3.32. The molecule has 6 nitrogen and oxygen atoms in total. The summed E-state index contributed by atoms with van der Waals surface area (Å²) < 4.78 is 5.16. The van der Waals surface area contributed by atoms with Gasteiger partial charge in [0, 0.05) is 31.5 Å². The molecule has 0 bridgehead atoms. The number of rotatable bonds is 5. The van der Waals surface area contributed by atoms with Gasteiger partial charge in [-0.1, -0.05) is 12.1 Å². The van der Waals surface area contributed by atoms with E-state index in [4.69, 9.17) is 9.63 Å². The highest BCUT2D eigenvalue weighted by atomic mass is 16.5. The van der Waals surface area contributed by atoms with Crippen LogP contribution in [0, 0.1) is 19.8 Å². The van der Waals surface area contributed by atoms with E-state index in [1.165, 1.54) is 0 Å². The van der Waals surface area contributed by atoms with Crippen molar-refractivity contribution in [2.75, 3.05) is 13.1 Å². The SMILES string of the molecule is Cc1noc(C)c1C(C)CC(=O)N1CCC(CC(=O)O)CC1. The zero-order valence-corrected chi connectivity index (χ0v) is 13.5. The summed E-state index contributed by atoms with van der Waals surface area (Å²) in [6, 6.07) is 0. The van der Waals surface area contributed by atoms with Crippen molar-refractivity contribution < 1.29 is 19.2 Å². The van der Waals surface area contributed by atoms with Crippen LogP contribution < -0.4 is 0 Å². The molecule has 22 heavy (non-hydrogen) atoms. The van der Waals surface area contributed by atoms with Gasteiger partial charge in [0.1, 0.15) is 5.76 Å². The Bertz CT molecular complexity index is 525. The second kappa shape index (κ2) is 6.94. The summed E-state index contributed by atoms with van der Waals surface area (Å²) in [7, 11) is 0. The lowest BCUT2D eigenvalue weighted by atomic mass is 9.92. The third-order valence-corrected chi connectivity index (χ3v) is 4.49. The molecule has 1 amide bonds. The molecule has 0 radical (unpaired) electrons. The van der Waals surface area contributed by atoms with Gasteiger partial charge in [0.15, 0.2) is 0 Å². The number of nitrogens with zero attached hydrogens (tertiary/aromatic N) is 2. The number of carboxylic acid groups (broad SMARTS) is 1. The van der Waals surface area contributed by atoms with Crippen LogP contribution in [0.1, 0.15) is 55.5 Å². The highest BCUT2D eigenvalue weighted by Crippen LogP contribution is 2.28. The lowest BCUT2D eigenvalue weighted by molar-refractivity contribution is -0.138. The molecule has 1 aliphatic heterocycles. The number of hydrogen-bond donors (Lipinski definition) is 1. The van der Waals surface area contributed by atoms with Crippen LogP contribution in [0.3, 0.4) is 0 Å².